The number of thiol groups is 1. The second-order valence-corrected chi connectivity index (χ2v) is 12.1. The highest BCUT2D eigenvalue weighted by molar-refractivity contribution is 7.80. The van der Waals surface area contributed by atoms with Crippen LogP contribution in [0, 0.1) is 11.8 Å². The summed E-state index contributed by atoms with van der Waals surface area (Å²) in [6.45, 7) is 4.31. The highest BCUT2D eigenvalue weighted by Crippen LogP contribution is 2.34. The van der Waals surface area contributed by atoms with Gasteiger partial charge < -0.3 is 24.8 Å². The van der Waals surface area contributed by atoms with Gasteiger partial charge in [-0.25, -0.2) is 4.98 Å². The molecule has 1 aliphatic rings. The minimum atomic E-state index is -0.451. The number of benzene rings is 2. The van der Waals surface area contributed by atoms with E-state index in [0.717, 1.165) is 61.7 Å². The lowest BCUT2D eigenvalue weighted by molar-refractivity contribution is 0.1000. The van der Waals surface area contributed by atoms with Crippen LogP contribution in [0.15, 0.2) is 73.2 Å². The van der Waals surface area contributed by atoms with E-state index in [9.17, 15) is 4.79 Å². The molecule has 0 saturated carbocycles. The summed E-state index contributed by atoms with van der Waals surface area (Å²) in [4.78, 5) is 22.7. The van der Waals surface area contributed by atoms with Gasteiger partial charge in [-0.15, -0.1) is 0 Å². The molecule has 1 amide bonds. The Bertz CT molecular complexity index is 1360. The SMILES string of the molecule is CO[C@@H](/C=C/C(Oc1cnccn1)[C@H](C)CS)CCCN1CC(CCCc2cccc(Cl)c2)COc2ccc(C(N)=O)cc21. The maximum atomic E-state index is 12.0. The molecule has 0 saturated heterocycles. The lowest BCUT2D eigenvalue weighted by Crippen LogP contribution is -2.31. The molecular formula is C34H43ClN4O4S. The molecule has 44 heavy (non-hydrogen) atoms. The summed E-state index contributed by atoms with van der Waals surface area (Å²) in [7, 11) is 1.72. The Hall–Kier alpha value is -3.27. The number of nitrogens with zero attached hydrogens (tertiary/aromatic N) is 3. The minimum absolute atomic E-state index is 0.0942. The molecule has 236 valence electrons. The Balaban J connectivity index is 1.40. The molecule has 2 heterocycles. The van der Waals surface area contributed by atoms with Crippen LogP contribution in [-0.2, 0) is 11.2 Å². The molecule has 2 unspecified atom stereocenters. The zero-order chi connectivity index (χ0) is 31.3. The second kappa shape index (κ2) is 17.3. The van der Waals surface area contributed by atoms with E-state index in [2.05, 4.69) is 46.6 Å². The van der Waals surface area contributed by atoms with Gasteiger partial charge in [0.05, 0.1) is 24.6 Å². The maximum Gasteiger partial charge on any atom is 0.248 e. The lowest BCUT2D eigenvalue weighted by atomic mass is 9.99. The van der Waals surface area contributed by atoms with Crippen LogP contribution in [0.5, 0.6) is 11.6 Å². The third kappa shape index (κ3) is 10.1. The molecule has 4 rings (SSSR count). The van der Waals surface area contributed by atoms with Gasteiger partial charge in [0.15, 0.2) is 0 Å². The number of carbonyl (C=O) groups excluding carboxylic acids is 1. The Morgan fingerprint density at radius 2 is 2.09 bits per heavy atom. The van der Waals surface area contributed by atoms with Gasteiger partial charge >= 0.3 is 0 Å². The number of carbonyl (C=O) groups is 1. The molecule has 0 radical (unpaired) electrons. The van der Waals surface area contributed by atoms with Crippen LogP contribution >= 0.6 is 24.2 Å². The molecule has 1 aromatic heterocycles. The van der Waals surface area contributed by atoms with E-state index in [4.69, 9.17) is 31.5 Å². The average molecular weight is 639 g/mol. The summed E-state index contributed by atoms with van der Waals surface area (Å²) in [6, 6.07) is 13.5. The van der Waals surface area contributed by atoms with Crippen molar-refractivity contribution in [1.82, 2.24) is 9.97 Å². The van der Waals surface area contributed by atoms with E-state index < -0.39 is 5.91 Å². The number of fused-ring (bicyclic) bond motifs is 1. The van der Waals surface area contributed by atoms with E-state index >= 15 is 0 Å². The monoisotopic (exact) mass is 638 g/mol. The van der Waals surface area contributed by atoms with Crippen molar-refractivity contribution in [3.8, 4) is 11.6 Å². The number of ether oxygens (including phenoxy) is 3. The number of rotatable bonds is 16. The Kier molecular flexibility index (Phi) is 13.2. The molecule has 8 nitrogen and oxygen atoms in total. The van der Waals surface area contributed by atoms with Crippen molar-refractivity contribution >= 4 is 35.8 Å². The van der Waals surface area contributed by atoms with Gasteiger partial charge in [0.25, 0.3) is 0 Å². The number of hydrogen-bond donors (Lipinski definition) is 2. The maximum absolute atomic E-state index is 12.0. The fourth-order valence-electron chi connectivity index (χ4n) is 5.33. The summed E-state index contributed by atoms with van der Waals surface area (Å²) in [5, 5.41) is 0.765. The largest absolute Gasteiger partial charge is 0.491 e. The topological polar surface area (TPSA) is 99.8 Å². The van der Waals surface area contributed by atoms with E-state index in [0.29, 0.717) is 29.7 Å². The highest BCUT2D eigenvalue weighted by atomic mass is 35.5. The van der Waals surface area contributed by atoms with Crippen molar-refractivity contribution in [3.63, 3.8) is 0 Å². The Morgan fingerprint density at radius 1 is 1.23 bits per heavy atom. The van der Waals surface area contributed by atoms with Crippen LogP contribution in [0.3, 0.4) is 0 Å². The third-order valence-electron chi connectivity index (χ3n) is 7.88. The van der Waals surface area contributed by atoms with Crippen molar-refractivity contribution in [1.29, 1.82) is 0 Å². The van der Waals surface area contributed by atoms with Gasteiger partial charge in [-0.3, -0.25) is 9.78 Å². The number of aryl methyl sites for hydroxylation is 1. The lowest BCUT2D eigenvalue weighted by Gasteiger charge is -2.27. The number of methoxy groups -OCH3 is 1. The molecule has 0 fully saturated rings. The van der Waals surface area contributed by atoms with Crippen LogP contribution in [0.2, 0.25) is 5.02 Å². The number of nitrogens with two attached hydrogens (primary N) is 1. The van der Waals surface area contributed by atoms with E-state index in [1.165, 1.54) is 5.56 Å². The Morgan fingerprint density at radius 3 is 2.82 bits per heavy atom. The third-order valence-corrected chi connectivity index (χ3v) is 8.70. The normalized spacial score (nSPS) is 16.9. The van der Waals surface area contributed by atoms with Crippen molar-refractivity contribution in [2.75, 3.05) is 37.5 Å². The van der Waals surface area contributed by atoms with Crippen LogP contribution in [0.4, 0.5) is 5.69 Å². The van der Waals surface area contributed by atoms with Crippen molar-refractivity contribution in [2.45, 2.75) is 51.2 Å². The zero-order valence-electron chi connectivity index (χ0n) is 25.5. The second-order valence-electron chi connectivity index (χ2n) is 11.3. The number of hydrogen-bond acceptors (Lipinski definition) is 8. The first-order valence-corrected chi connectivity index (χ1v) is 16.2. The van der Waals surface area contributed by atoms with E-state index in [1.54, 1.807) is 31.8 Å². The first-order valence-electron chi connectivity index (χ1n) is 15.2. The zero-order valence-corrected chi connectivity index (χ0v) is 27.1. The van der Waals surface area contributed by atoms with Crippen LogP contribution in [0.1, 0.15) is 48.5 Å². The summed E-state index contributed by atoms with van der Waals surface area (Å²) in [6.07, 6.45) is 13.3. The summed E-state index contributed by atoms with van der Waals surface area (Å²) in [5.74, 6) is 1.96. The van der Waals surface area contributed by atoms with Gasteiger partial charge in [0, 0.05) is 55.0 Å². The number of halogens is 1. The molecule has 4 atom stereocenters. The van der Waals surface area contributed by atoms with Crippen LogP contribution in [-0.4, -0.2) is 60.6 Å². The number of aromatic nitrogens is 2. The van der Waals surface area contributed by atoms with Crippen LogP contribution in [0.25, 0.3) is 0 Å². The van der Waals surface area contributed by atoms with E-state index in [1.807, 2.05) is 36.4 Å². The number of anilines is 1. The molecule has 3 aromatic rings. The smallest absolute Gasteiger partial charge is 0.248 e. The standard InChI is InChI=1S/C34H43ClN4O4S/c1-24(23-44)31(43-33-20-37-15-16-38-33)14-12-29(41-2)10-5-17-39-21-26(8-3-6-25-7-4-9-28(35)18-25)22-42-32-13-11-27(34(36)40)19-30(32)39/h4,7,9,11-16,18-20,24,26,29,31,44H,3,5-6,8,10,17,21-23H2,1-2H3,(H2,36,40)/b14-12+/t24-,26?,29-,31?/m1/s1. The number of amides is 1. The van der Waals surface area contributed by atoms with Crippen molar-refractivity contribution in [3.05, 3.63) is 89.4 Å². The molecule has 1 aliphatic heterocycles. The fourth-order valence-corrected chi connectivity index (χ4v) is 5.75. The molecule has 0 bridgehead atoms. The Labute approximate surface area is 271 Å². The van der Waals surface area contributed by atoms with Crippen molar-refractivity contribution < 1.29 is 19.0 Å². The van der Waals surface area contributed by atoms with Crippen molar-refractivity contribution in [2.24, 2.45) is 17.6 Å². The predicted octanol–water partition coefficient (Wildman–Crippen LogP) is 6.43. The van der Waals surface area contributed by atoms with Gasteiger partial charge in [-0.05, 0) is 79.8 Å². The fraction of sp³-hybridized carbons (Fsp3) is 0.441. The molecule has 2 aromatic carbocycles. The molecular weight excluding hydrogens is 596 g/mol. The van der Waals surface area contributed by atoms with E-state index in [-0.39, 0.29) is 18.1 Å². The van der Waals surface area contributed by atoms with Gasteiger partial charge in [0.1, 0.15) is 11.9 Å². The summed E-state index contributed by atoms with van der Waals surface area (Å²) < 4.78 is 18.2. The van der Waals surface area contributed by atoms with Gasteiger partial charge in [-0.1, -0.05) is 36.7 Å². The minimum Gasteiger partial charge on any atom is -0.491 e. The quantitative estimate of drug-likeness (QED) is 0.138. The summed E-state index contributed by atoms with van der Waals surface area (Å²) >= 11 is 10.7. The molecule has 0 aliphatic carbocycles. The molecule has 2 N–H and O–H groups in total. The number of primary amides is 1. The average Bonchev–Trinajstić information content (AvgIpc) is 3.20. The van der Waals surface area contributed by atoms with Gasteiger partial charge in [0.2, 0.25) is 11.8 Å². The molecule has 10 heteroatoms. The van der Waals surface area contributed by atoms with Crippen LogP contribution < -0.4 is 20.1 Å². The van der Waals surface area contributed by atoms with Gasteiger partial charge in [-0.2, -0.15) is 12.6 Å². The predicted molar refractivity (Wildman–Crippen MR) is 179 cm³/mol. The molecule has 0 spiro atoms. The first kappa shape index (κ1) is 33.6. The highest BCUT2D eigenvalue weighted by Gasteiger charge is 2.24. The first-order chi connectivity index (χ1) is 21.4. The summed E-state index contributed by atoms with van der Waals surface area (Å²) in [5.41, 5.74) is 8.25.